The van der Waals surface area contributed by atoms with Gasteiger partial charge in [-0.25, -0.2) is 9.97 Å². The Morgan fingerprint density at radius 3 is 2.62 bits per heavy atom. The van der Waals surface area contributed by atoms with Crippen LogP contribution in [0.3, 0.4) is 0 Å². The lowest BCUT2D eigenvalue weighted by molar-refractivity contribution is -0.117. The van der Waals surface area contributed by atoms with E-state index in [-0.39, 0.29) is 5.78 Å². The first-order valence-electron chi connectivity index (χ1n) is 8.91. The first-order valence-corrected chi connectivity index (χ1v) is 8.91. The highest BCUT2D eigenvalue weighted by molar-refractivity contribution is 5.89. The summed E-state index contributed by atoms with van der Waals surface area (Å²) in [5.74, 6) is 1.75. The van der Waals surface area contributed by atoms with Gasteiger partial charge in [0.25, 0.3) is 0 Å². The molecule has 2 aliphatic carbocycles. The van der Waals surface area contributed by atoms with Crippen LogP contribution in [0.15, 0.2) is 30.5 Å². The Morgan fingerprint density at radius 2 is 1.79 bits per heavy atom. The van der Waals surface area contributed by atoms with Gasteiger partial charge in [-0.2, -0.15) is 0 Å². The minimum absolute atomic E-state index is 0.228. The minimum atomic E-state index is 0.228. The van der Waals surface area contributed by atoms with Crippen LogP contribution in [0.2, 0.25) is 0 Å². The summed E-state index contributed by atoms with van der Waals surface area (Å²) in [5, 5.41) is 3.51. The number of nitrogens with one attached hydrogen (secondary N) is 1. The van der Waals surface area contributed by atoms with Gasteiger partial charge in [-0.15, -0.1) is 0 Å². The van der Waals surface area contributed by atoms with Gasteiger partial charge in [0.05, 0.1) is 5.69 Å². The molecule has 0 spiro atoms. The van der Waals surface area contributed by atoms with Crippen LogP contribution in [0.25, 0.3) is 11.3 Å². The molecule has 4 nitrogen and oxygen atoms in total. The molecule has 1 aromatic heterocycles. The highest BCUT2D eigenvalue weighted by Gasteiger charge is 2.22. The second-order valence-electron chi connectivity index (χ2n) is 7.22. The van der Waals surface area contributed by atoms with Crippen LogP contribution >= 0.6 is 0 Å². The van der Waals surface area contributed by atoms with Gasteiger partial charge in [-0.05, 0) is 37.2 Å². The fourth-order valence-electron chi connectivity index (χ4n) is 3.82. The summed E-state index contributed by atoms with van der Waals surface area (Å²) < 4.78 is 0. The van der Waals surface area contributed by atoms with E-state index in [4.69, 9.17) is 4.98 Å². The molecule has 0 bridgehead atoms. The first-order chi connectivity index (χ1) is 11.7. The van der Waals surface area contributed by atoms with Crippen molar-refractivity contribution in [3.8, 4) is 11.3 Å². The molecule has 0 aliphatic heterocycles. The molecule has 4 rings (SSSR count). The Balaban J connectivity index is 1.65. The molecule has 0 radical (unpaired) electrons. The number of benzene rings is 1. The summed E-state index contributed by atoms with van der Waals surface area (Å²) in [4.78, 5) is 21.4. The molecule has 2 aliphatic rings. The maximum absolute atomic E-state index is 12.2. The molecule has 1 fully saturated rings. The fraction of sp³-hybridized carbons (Fsp3) is 0.450. The van der Waals surface area contributed by atoms with Crippen LogP contribution in [-0.2, 0) is 17.6 Å². The number of hydrogen-bond donors (Lipinski definition) is 1. The lowest BCUT2D eigenvalue weighted by Crippen LogP contribution is -2.26. The van der Waals surface area contributed by atoms with Gasteiger partial charge in [0.15, 0.2) is 0 Å². The molecule has 0 saturated heterocycles. The molecule has 0 atom stereocenters. The predicted octanol–water partition coefficient (Wildman–Crippen LogP) is 3.80. The van der Waals surface area contributed by atoms with Crippen LogP contribution in [0.1, 0.15) is 43.7 Å². The second kappa shape index (κ2) is 6.34. The van der Waals surface area contributed by atoms with Crippen molar-refractivity contribution in [1.29, 1.82) is 0 Å². The van der Waals surface area contributed by atoms with E-state index in [1.54, 1.807) is 0 Å². The van der Waals surface area contributed by atoms with Crippen molar-refractivity contribution in [2.75, 3.05) is 5.32 Å². The molecular weight excluding hydrogens is 298 g/mol. The number of rotatable bonds is 2. The number of aromatic nitrogens is 2. The number of ketones is 1. The van der Waals surface area contributed by atoms with Crippen molar-refractivity contribution < 1.29 is 4.79 Å². The maximum atomic E-state index is 12.2. The highest BCUT2D eigenvalue weighted by Crippen LogP contribution is 2.31. The first kappa shape index (κ1) is 15.3. The predicted molar refractivity (Wildman–Crippen MR) is 94.9 cm³/mol. The maximum Gasteiger partial charge on any atom is 0.223 e. The van der Waals surface area contributed by atoms with Gasteiger partial charge < -0.3 is 5.32 Å². The van der Waals surface area contributed by atoms with E-state index in [1.165, 1.54) is 25.7 Å². The van der Waals surface area contributed by atoms with Crippen molar-refractivity contribution >= 4 is 11.7 Å². The molecule has 1 N–H and O–H groups in total. The Labute approximate surface area is 142 Å². The molecule has 4 heteroatoms. The highest BCUT2D eigenvalue weighted by atomic mass is 16.1. The van der Waals surface area contributed by atoms with E-state index < -0.39 is 0 Å². The average molecular weight is 321 g/mol. The number of hydrogen-bond acceptors (Lipinski definition) is 4. The van der Waals surface area contributed by atoms with Crippen molar-refractivity contribution in [3.05, 3.63) is 41.6 Å². The molecule has 1 saturated carbocycles. The van der Waals surface area contributed by atoms with Crippen molar-refractivity contribution in [2.24, 2.45) is 5.92 Å². The number of Topliss-reactive ketones (excluding diaryl/α,β-unsaturated/α-hetero) is 1. The SMILES string of the molecule is CC1CCC(Nc2ncc3c(n2)-c2ccccc2CC(=O)C3)CC1. The topological polar surface area (TPSA) is 54.9 Å². The normalized spacial score (nSPS) is 23.1. The molecule has 0 amide bonds. The summed E-state index contributed by atoms with van der Waals surface area (Å²) in [6, 6.07) is 8.55. The number of carbonyl (C=O) groups is 1. The third-order valence-electron chi connectivity index (χ3n) is 5.26. The monoisotopic (exact) mass is 321 g/mol. The Morgan fingerprint density at radius 1 is 1.04 bits per heavy atom. The third-order valence-corrected chi connectivity index (χ3v) is 5.26. The van der Waals surface area contributed by atoms with E-state index in [0.29, 0.717) is 24.8 Å². The summed E-state index contributed by atoms with van der Waals surface area (Å²) in [7, 11) is 0. The summed E-state index contributed by atoms with van der Waals surface area (Å²) in [6.07, 6.45) is 7.62. The molecular formula is C20H23N3O. The van der Waals surface area contributed by atoms with Crippen LogP contribution in [0.5, 0.6) is 0 Å². The van der Waals surface area contributed by atoms with Crippen molar-refractivity contribution in [1.82, 2.24) is 9.97 Å². The Bertz CT molecular complexity index is 763. The van der Waals surface area contributed by atoms with Gasteiger partial charge in [0.2, 0.25) is 5.95 Å². The zero-order valence-corrected chi connectivity index (χ0v) is 14.1. The summed E-state index contributed by atoms with van der Waals surface area (Å²) >= 11 is 0. The third kappa shape index (κ3) is 3.05. The zero-order chi connectivity index (χ0) is 16.5. The number of fused-ring (bicyclic) bond motifs is 3. The van der Waals surface area contributed by atoms with E-state index in [9.17, 15) is 4.79 Å². The minimum Gasteiger partial charge on any atom is -0.351 e. The van der Waals surface area contributed by atoms with Gasteiger partial charge in [0, 0.05) is 36.2 Å². The average Bonchev–Trinajstić information content (AvgIpc) is 2.72. The van der Waals surface area contributed by atoms with Crippen molar-refractivity contribution in [2.45, 2.75) is 51.5 Å². The number of nitrogens with zero attached hydrogens (tertiary/aromatic N) is 2. The number of anilines is 1. The molecule has 24 heavy (non-hydrogen) atoms. The molecule has 1 heterocycles. The largest absolute Gasteiger partial charge is 0.351 e. The molecule has 0 unspecified atom stereocenters. The Kier molecular flexibility index (Phi) is 4.05. The van der Waals surface area contributed by atoms with E-state index in [1.807, 2.05) is 24.4 Å². The molecule has 124 valence electrons. The Hall–Kier alpha value is -2.23. The molecule has 1 aromatic carbocycles. The summed E-state index contributed by atoms with van der Waals surface area (Å²) in [6.45, 7) is 2.32. The zero-order valence-electron chi connectivity index (χ0n) is 14.1. The second-order valence-corrected chi connectivity index (χ2v) is 7.22. The smallest absolute Gasteiger partial charge is 0.223 e. The van der Waals surface area contributed by atoms with Gasteiger partial charge in [-0.1, -0.05) is 31.2 Å². The van der Waals surface area contributed by atoms with Crippen LogP contribution < -0.4 is 5.32 Å². The van der Waals surface area contributed by atoms with Gasteiger partial charge in [-0.3, -0.25) is 4.79 Å². The lowest BCUT2D eigenvalue weighted by Gasteiger charge is -2.27. The molecule has 2 aromatic rings. The van der Waals surface area contributed by atoms with E-state index in [0.717, 1.165) is 28.3 Å². The fourth-order valence-corrected chi connectivity index (χ4v) is 3.82. The summed E-state index contributed by atoms with van der Waals surface area (Å²) in [5.41, 5.74) is 3.99. The van der Waals surface area contributed by atoms with Crippen LogP contribution in [0.4, 0.5) is 5.95 Å². The van der Waals surface area contributed by atoms with Crippen LogP contribution in [0, 0.1) is 5.92 Å². The standard InChI is InChI=1S/C20H23N3O/c1-13-6-8-16(9-7-13)22-20-21-12-15-11-17(24)10-14-4-2-3-5-18(14)19(15)23-20/h2-5,12-13,16H,6-11H2,1H3,(H,21,22,23). The van der Waals surface area contributed by atoms with E-state index in [2.05, 4.69) is 23.3 Å². The van der Waals surface area contributed by atoms with Gasteiger partial charge >= 0.3 is 0 Å². The van der Waals surface area contributed by atoms with Gasteiger partial charge in [0.1, 0.15) is 5.78 Å². The quantitative estimate of drug-likeness (QED) is 0.914. The van der Waals surface area contributed by atoms with Crippen LogP contribution in [-0.4, -0.2) is 21.8 Å². The lowest BCUT2D eigenvalue weighted by atomic mass is 9.87. The number of carbonyl (C=O) groups excluding carboxylic acids is 1. The van der Waals surface area contributed by atoms with E-state index >= 15 is 0 Å². The van der Waals surface area contributed by atoms with Crippen molar-refractivity contribution in [3.63, 3.8) is 0 Å².